The van der Waals surface area contributed by atoms with Crippen molar-refractivity contribution in [1.82, 2.24) is 10.2 Å². The summed E-state index contributed by atoms with van der Waals surface area (Å²) in [6, 6.07) is 26.4. The van der Waals surface area contributed by atoms with E-state index in [-0.39, 0.29) is 17.9 Å². The van der Waals surface area contributed by atoms with E-state index in [9.17, 15) is 18.0 Å². The van der Waals surface area contributed by atoms with Crippen LogP contribution in [0.25, 0.3) is 0 Å². The van der Waals surface area contributed by atoms with Crippen LogP contribution in [0, 0.1) is 6.92 Å². The van der Waals surface area contributed by atoms with Gasteiger partial charge in [-0.2, -0.15) is 0 Å². The predicted octanol–water partition coefficient (Wildman–Crippen LogP) is 6.65. The number of sulfonamides is 1. The lowest BCUT2D eigenvalue weighted by molar-refractivity contribution is -0.139. The van der Waals surface area contributed by atoms with Crippen molar-refractivity contribution in [3.05, 3.63) is 128 Å². The van der Waals surface area contributed by atoms with Gasteiger partial charge in [0.2, 0.25) is 11.8 Å². The van der Waals surface area contributed by atoms with Gasteiger partial charge in [0.1, 0.15) is 12.6 Å². The zero-order valence-electron chi connectivity index (χ0n) is 23.5. The first-order valence-electron chi connectivity index (χ1n) is 13.3. The first-order valence-corrected chi connectivity index (χ1v) is 16.3. The molecule has 0 radical (unpaired) electrons. The van der Waals surface area contributed by atoms with Gasteiger partial charge in [0, 0.05) is 24.5 Å². The highest BCUT2D eigenvalue weighted by molar-refractivity contribution is 9.10. The molecule has 0 aliphatic rings. The van der Waals surface area contributed by atoms with Gasteiger partial charge in [0.15, 0.2) is 0 Å². The van der Waals surface area contributed by atoms with E-state index in [1.165, 1.54) is 24.1 Å². The summed E-state index contributed by atoms with van der Waals surface area (Å²) in [7, 11) is -2.68. The highest BCUT2D eigenvalue weighted by Gasteiger charge is 2.34. The number of aryl methyl sites for hydroxylation is 1. The average Bonchev–Trinajstić information content (AvgIpc) is 3.00. The molecule has 4 aromatic rings. The van der Waals surface area contributed by atoms with Gasteiger partial charge in [-0.1, -0.05) is 93.2 Å². The second-order valence-electron chi connectivity index (χ2n) is 9.89. The van der Waals surface area contributed by atoms with Crippen molar-refractivity contribution in [1.29, 1.82) is 0 Å². The number of carbonyl (C=O) groups is 2. The van der Waals surface area contributed by atoms with Gasteiger partial charge < -0.3 is 10.2 Å². The number of benzene rings is 4. The summed E-state index contributed by atoms with van der Waals surface area (Å²) < 4.78 is 29.8. The fraction of sp³-hybridized carbons (Fsp3) is 0.188. The van der Waals surface area contributed by atoms with Crippen LogP contribution in [0.15, 0.2) is 106 Å². The third-order valence-corrected chi connectivity index (χ3v) is 9.91. The first-order chi connectivity index (χ1) is 20.5. The maximum atomic E-state index is 14.3. The molecule has 0 unspecified atom stereocenters. The summed E-state index contributed by atoms with van der Waals surface area (Å²) in [5.74, 6) is -0.969. The van der Waals surface area contributed by atoms with Crippen molar-refractivity contribution in [2.45, 2.75) is 30.8 Å². The lowest BCUT2D eigenvalue weighted by atomic mass is 10.0. The number of nitrogens with zero attached hydrogens (tertiary/aromatic N) is 2. The van der Waals surface area contributed by atoms with E-state index in [4.69, 9.17) is 23.2 Å². The Bertz CT molecular complexity index is 1690. The third-order valence-electron chi connectivity index (χ3n) is 6.86. The molecule has 0 heterocycles. The molecule has 2 amide bonds. The van der Waals surface area contributed by atoms with Gasteiger partial charge in [-0.3, -0.25) is 13.9 Å². The van der Waals surface area contributed by atoms with Crippen molar-refractivity contribution in [2.24, 2.45) is 0 Å². The Morgan fingerprint density at radius 3 is 2.12 bits per heavy atom. The molecule has 43 heavy (non-hydrogen) atoms. The van der Waals surface area contributed by atoms with Gasteiger partial charge in [0.25, 0.3) is 10.0 Å². The van der Waals surface area contributed by atoms with Crippen LogP contribution in [-0.2, 0) is 32.6 Å². The average molecular weight is 703 g/mol. The molecule has 4 rings (SSSR count). The fourth-order valence-corrected chi connectivity index (χ4v) is 6.53. The van der Waals surface area contributed by atoms with Gasteiger partial charge in [-0.15, -0.1) is 0 Å². The molecule has 1 N–H and O–H groups in total. The molecule has 0 bridgehead atoms. The van der Waals surface area contributed by atoms with E-state index in [1.54, 1.807) is 54.6 Å². The van der Waals surface area contributed by atoms with Gasteiger partial charge in [0.05, 0.1) is 20.6 Å². The first kappa shape index (κ1) is 32.5. The van der Waals surface area contributed by atoms with Crippen molar-refractivity contribution in [3.63, 3.8) is 0 Å². The molecule has 0 aliphatic heterocycles. The van der Waals surface area contributed by atoms with E-state index in [0.717, 1.165) is 19.9 Å². The second kappa shape index (κ2) is 14.4. The van der Waals surface area contributed by atoms with E-state index >= 15 is 0 Å². The Morgan fingerprint density at radius 2 is 1.51 bits per heavy atom. The van der Waals surface area contributed by atoms with Crippen LogP contribution in [-0.4, -0.2) is 44.8 Å². The SMILES string of the molecule is CNC(=O)[C@H](Cc1ccccc1)N(Cc1ccc(Cl)c(Cl)c1)C(=O)CN(c1ccc(Br)cc1)S(=O)(=O)c1ccc(C)cc1. The van der Waals surface area contributed by atoms with E-state index in [2.05, 4.69) is 21.2 Å². The number of rotatable bonds is 11. The summed E-state index contributed by atoms with van der Waals surface area (Å²) in [6.07, 6.45) is 0.205. The number of hydrogen-bond acceptors (Lipinski definition) is 4. The zero-order chi connectivity index (χ0) is 31.1. The molecule has 0 aromatic heterocycles. The highest BCUT2D eigenvalue weighted by atomic mass is 79.9. The van der Waals surface area contributed by atoms with E-state index < -0.39 is 34.4 Å². The smallest absolute Gasteiger partial charge is 0.264 e. The second-order valence-corrected chi connectivity index (χ2v) is 13.5. The molecule has 0 saturated heterocycles. The molecule has 224 valence electrons. The molecule has 4 aromatic carbocycles. The Morgan fingerprint density at radius 1 is 0.860 bits per heavy atom. The van der Waals surface area contributed by atoms with Crippen LogP contribution in [0.4, 0.5) is 5.69 Å². The lowest BCUT2D eigenvalue weighted by Gasteiger charge is -2.33. The van der Waals surface area contributed by atoms with Crippen LogP contribution in [0.1, 0.15) is 16.7 Å². The van der Waals surface area contributed by atoms with Gasteiger partial charge in [-0.05, 0) is 66.6 Å². The molecular weight excluding hydrogens is 673 g/mol. The topological polar surface area (TPSA) is 86.8 Å². The maximum Gasteiger partial charge on any atom is 0.264 e. The number of anilines is 1. The lowest BCUT2D eigenvalue weighted by Crippen LogP contribution is -2.53. The quantitative estimate of drug-likeness (QED) is 0.190. The third kappa shape index (κ3) is 8.17. The van der Waals surface area contributed by atoms with Gasteiger partial charge >= 0.3 is 0 Å². The van der Waals surface area contributed by atoms with E-state index in [0.29, 0.717) is 21.3 Å². The maximum absolute atomic E-state index is 14.3. The number of amides is 2. The number of nitrogens with one attached hydrogen (secondary N) is 1. The number of hydrogen-bond donors (Lipinski definition) is 1. The van der Waals surface area contributed by atoms with Crippen LogP contribution in [0.2, 0.25) is 10.0 Å². The summed E-state index contributed by atoms with van der Waals surface area (Å²) in [4.78, 5) is 29.1. The minimum absolute atomic E-state index is 0.0145. The Labute approximate surface area is 270 Å². The van der Waals surface area contributed by atoms with Crippen LogP contribution < -0.4 is 9.62 Å². The van der Waals surface area contributed by atoms with Crippen LogP contribution in [0.5, 0.6) is 0 Å². The molecule has 7 nitrogen and oxygen atoms in total. The number of carbonyl (C=O) groups excluding carboxylic acids is 2. The Balaban J connectivity index is 1.79. The summed E-state index contributed by atoms with van der Waals surface area (Å²) in [5, 5.41) is 3.31. The minimum Gasteiger partial charge on any atom is -0.357 e. The summed E-state index contributed by atoms with van der Waals surface area (Å²) in [5.41, 5.74) is 2.65. The van der Waals surface area contributed by atoms with Crippen LogP contribution in [0.3, 0.4) is 0 Å². The Kier molecular flexibility index (Phi) is 10.9. The monoisotopic (exact) mass is 701 g/mol. The fourth-order valence-electron chi connectivity index (χ4n) is 4.53. The normalized spacial score (nSPS) is 11.9. The van der Waals surface area contributed by atoms with Crippen molar-refractivity contribution >= 4 is 66.7 Å². The van der Waals surface area contributed by atoms with Crippen molar-refractivity contribution in [2.75, 3.05) is 17.9 Å². The van der Waals surface area contributed by atoms with Crippen molar-refractivity contribution in [3.8, 4) is 0 Å². The predicted molar refractivity (Wildman–Crippen MR) is 175 cm³/mol. The standard InChI is InChI=1S/C32H30BrCl2N3O4S/c1-22-8-15-27(16-9-22)43(41,42)38(26-13-11-25(33)12-14-26)21-31(39)37(20-24-10-17-28(34)29(35)18-24)30(32(40)36-2)19-23-6-4-3-5-7-23/h3-18,30H,19-21H2,1-2H3,(H,36,40)/t30-/m0/s1. The number of halogens is 3. The highest BCUT2D eigenvalue weighted by Crippen LogP contribution is 2.28. The minimum atomic E-state index is -4.18. The number of likely N-dealkylation sites (N-methyl/N-ethyl adjacent to an activating group) is 1. The molecule has 11 heteroatoms. The van der Waals surface area contributed by atoms with Gasteiger partial charge in [-0.25, -0.2) is 8.42 Å². The molecule has 0 aliphatic carbocycles. The molecule has 0 fully saturated rings. The van der Waals surface area contributed by atoms with Crippen LogP contribution >= 0.6 is 39.1 Å². The zero-order valence-corrected chi connectivity index (χ0v) is 27.4. The summed E-state index contributed by atoms with van der Waals surface area (Å²) >= 11 is 15.8. The molecular formula is C32H30BrCl2N3O4S. The largest absolute Gasteiger partial charge is 0.357 e. The Hall–Kier alpha value is -3.37. The molecule has 0 saturated carbocycles. The van der Waals surface area contributed by atoms with E-state index in [1.807, 2.05) is 37.3 Å². The molecule has 0 spiro atoms. The molecule has 1 atom stereocenters. The summed E-state index contributed by atoms with van der Waals surface area (Å²) in [6.45, 7) is 1.29. The van der Waals surface area contributed by atoms with Crippen molar-refractivity contribution < 1.29 is 18.0 Å².